The molecule has 1 unspecified atom stereocenters. The Morgan fingerprint density at radius 3 is 2.60 bits per heavy atom. The van der Waals surface area contributed by atoms with Gasteiger partial charge in [0.25, 0.3) is 11.7 Å². The van der Waals surface area contributed by atoms with Crippen molar-refractivity contribution in [3.8, 4) is 5.75 Å². The van der Waals surface area contributed by atoms with Gasteiger partial charge in [-0.1, -0.05) is 12.1 Å². The number of amides is 1. The van der Waals surface area contributed by atoms with Gasteiger partial charge in [0.15, 0.2) is 0 Å². The summed E-state index contributed by atoms with van der Waals surface area (Å²) in [7, 11) is 1.48. The van der Waals surface area contributed by atoms with E-state index < -0.39 is 17.7 Å². The van der Waals surface area contributed by atoms with Crippen LogP contribution in [0.1, 0.15) is 17.4 Å². The number of ketones is 1. The van der Waals surface area contributed by atoms with Gasteiger partial charge in [0.1, 0.15) is 23.3 Å². The van der Waals surface area contributed by atoms with E-state index in [0.717, 1.165) is 13.1 Å². The lowest BCUT2D eigenvalue weighted by Crippen LogP contribution is -2.42. The Morgan fingerprint density at radius 1 is 1.13 bits per heavy atom. The summed E-state index contributed by atoms with van der Waals surface area (Å²) in [5.41, 5.74) is 0.351. The second-order valence-corrected chi connectivity index (χ2v) is 7.16. The lowest BCUT2D eigenvalue weighted by Gasteiger charge is -2.30. The number of hydrogen-bond acceptors (Lipinski definition) is 7. The highest BCUT2D eigenvalue weighted by atomic mass is 16.5. The van der Waals surface area contributed by atoms with Crippen LogP contribution in [0.25, 0.3) is 5.76 Å². The maximum Gasteiger partial charge on any atom is 0.295 e. The van der Waals surface area contributed by atoms with Gasteiger partial charge in [0.2, 0.25) is 0 Å². The summed E-state index contributed by atoms with van der Waals surface area (Å²) in [4.78, 5) is 29.5. The molecule has 3 heterocycles. The zero-order valence-corrected chi connectivity index (χ0v) is 16.7. The Hall–Kier alpha value is -3.10. The second kappa shape index (κ2) is 8.73. The van der Waals surface area contributed by atoms with Gasteiger partial charge < -0.3 is 23.9 Å². The predicted molar refractivity (Wildman–Crippen MR) is 108 cm³/mol. The summed E-state index contributed by atoms with van der Waals surface area (Å²) in [5, 5.41) is 11.1. The van der Waals surface area contributed by atoms with Crippen molar-refractivity contribution in [2.75, 3.05) is 46.5 Å². The number of ether oxygens (including phenoxy) is 2. The summed E-state index contributed by atoms with van der Waals surface area (Å²) in [6.07, 6.45) is 1.49. The summed E-state index contributed by atoms with van der Waals surface area (Å²) in [5.74, 6) is -0.829. The van der Waals surface area contributed by atoms with Crippen LogP contribution in [0.2, 0.25) is 0 Å². The summed E-state index contributed by atoms with van der Waals surface area (Å²) < 4.78 is 16.2. The van der Waals surface area contributed by atoms with Gasteiger partial charge >= 0.3 is 0 Å². The zero-order chi connectivity index (χ0) is 21.1. The quantitative estimate of drug-likeness (QED) is 0.441. The lowest BCUT2D eigenvalue weighted by atomic mass is 9.99. The molecule has 2 fully saturated rings. The Kier molecular flexibility index (Phi) is 5.87. The van der Waals surface area contributed by atoms with Crippen molar-refractivity contribution in [2.45, 2.75) is 6.04 Å². The van der Waals surface area contributed by atoms with E-state index in [9.17, 15) is 14.7 Å². The maximum absolute atomic E-state index is 13.0. The molecule has 0 saturated carbocycles. The molecule has 0 radical (unpaired) electrons. The Morgan fingerprint density at radius 2 is 1.90 bits per heavy atom. The predicted octanol–water partition coefficient (Wildman–Crippen LogP) is 2.04. The molecule has 0 aliphatic carbocycles. The fourth-order valence-corrected chi connectivity index (χ4v) is 3.91. The molecule has 1 aromatic heterocycles. The van der Waals surface area contributed by atoms with Crippen molar-refractivity contribution in [1.29, 1.82) is 0 Å². The number of rotatable bonds is 6. The Labute approximate surface area is 174 Å². The third kappa shape index (κ3) is 3.71. The standard InChI is InChI=1S/C22H24N2O6/c1-28-16-6-3-2-5-15(16)20(25)18-19(17-7-4-12-30-17)24(22(27)21(18)26)9-8-23-10-13-29-14-11-23/h2-7,12,19,25H,8-11,13-14H2,1H3/b20-18+. The van der Waals surface area contributed by atoms with Crippen LogP contribution in [0.5, 0.6) is 5.75 Å². The normalized spacial score (nSPS) is 21.9. The number of aliphatic hydroxyl groups excluding tert-OH is 1. The lowest BCUT2D eigenvalue weighted by molar-refractivity contribution is -0.140. The van der Waals surface area contributed by atoms with E-state index in [2.05, 4.69) is 4.90 Å². The van der Waals surface area contributed by atoms with Crippen LogP contribution in [-0.2, 0) is 14.3 Å². The van der Waals surface area contributed by atoms with Gasteiger partial charge in [-0.05, 0) is 24.3 Å². The van der Waals surface area contributed by atoms with Gasteiger partial charge in [-0.25, -0.2) is 0 Å². The number of methoxy groups -OCH3 is 1. The molecule has 2 aliphatic heterocycles. The van der Waals surface area contributed by atoms with E-state index in [1.165, 1.54) is 18.3 Å². The molecule has 8 heteroatoms. The topological polar surface area (TPSA) is 92.5 Å². The van der Waals surface area contributed by atoms with Gasteiger partial charge in [0, 0.05) is 26.2 Å². The third-order valence-electron chi connectivity index (χ3n) is 5.48. The van der Waals surface area contributed by atoms with Crippen LogP contribution in [-0.4, -0.2) is 73.1 Å². The van der Waals surface area contributed by atoms with Gasteiger partial charge in [-0.2, -0.15) is 0 Å². The van der Waals surface area contributed by atoms with Crippen LogP contribution in [0.4, 0.5) is 0 Å². The first-order valence-electron chi connectivity index (χ1n) is 9.87. The van der Waals surface area contributed by atoms with Crippen molar-refractivity contribution in [1.82, 2.24) is 9.80 Å². The van der Waals surface area contributed by atoms with E-state index >= 15 is 0 Å². The number of aliphatic hydroxyl groups is 1. The fraction of sp³-hybridized carbons (Fsp3) is 0.364. The number of likely N-dealkylation sites (tertiary alicyclic amines) is 1. The van der Waals surface area contributed by atoms with E-state index in [4.69, 9.17) is 13.9 Å². The van der Waals surface area contributed by atoms with E-state index in [1.54, 1.807) is 36.4 Å². The van der Waals surface area contributed by atoms with Gasteiger partial charge in [0.05, 0.1) is 37.7 Å². The molecule has 1 amide bonds. The molecule has 30 heavy (non-hydrogen) atoms. The highest BCUT2D eigenvalue weighted by Gasteiger charge is 2.47. The Balaban J connectivity index is 1.72. The van der Waals surface area contributed by atoms with Gasteiger partial charge in [-0.15, -0.1) is 0 Å². The minimum absolute atomic E-state index is 0.00132. The van der Waals surface area contributed by atoms with Crippen molar-refractivity contribution >= 4 is 17.4 Å². The fourth-order valence-electron chi connectivity index (χ4n) is 3.91. The molecule has 0 bridgehead atoms. The molecular formula is C22H24N2O6. The van der Waals surface area contributed by atoms with Crippen LogP contribution >= 0.6 is 0 Å². The number of para-hydroxylation sites is 1. The molecule has 2 saturated heterocycles. The summed E-state index contributed by atoms with van der Waals surface area (Å²) >= 11 is 0. The highest BCUT2D eigenvalue weighted by molar-refractivity contribution is 6.46. The maximum atomic E-state index is 13.0. The van der Waals surface area contributed by atoms with Crippen molar-refractivity contribution in [2.24, 2.45) is 0 Å². The number of hydrogen-bond donors (Lipinski definition) is 1. The van der Waals surface area contributed by atoms with Crippen molar-refractivity contribution in [3.63, 3.8) is 0 Å². The summed E-state index contributed by atoms with van der Waals surface area (Å²) in [6, 6.07) is 9.42. The molecular weight excluding hydrogens is 388 g/mol. The second-order valence-electron chi connectivity index (χ2n) is 7.16. The van der Waals surface area contributed by atoms with Crippen LogP contribution in [0.15, 0.2) is 52.7 Å². The SMILES string of the molecule is COc1ccccc1/C(O)=C1\C(=O)C(=O)N(CCN2CCOCC2)C1c1ccco1. The Bertz CT molecular complexity index is 946. The molecule has 4 rings (SSSR count). The van der Waals surface area contributed by atoms with Crippen LogP contribution < -0.4 is 4.74 Å². The first-order valence-corrected chi connectivity index (χ1v) is 9.87. The van der Waals surface area contributed by atoms with E-state index in [0.29, 0.717) is 43.4 Å². The number of furan rings is 1. The molecule has 2 aliphatic rings. The molecule has 1 aromatic carbocycles. The highest BCUT2D eigenvalue weighted by Crippen LogP contribution is 2.40. The number of benzene rings is 1. The monoisotopic (exact) mass is 412 g/mol. The van der Waals surface area contributed by atoms with Crippen molar-refractivity contribution in [3.05, 3.63) is 59.6 Å². The third-order valence-corrected chi connectivity index (χ3v) is 5.48. The minimum Gasteiger partial charge on any atom is -0.507 e. The number of morpholine rings is 1. The molecule has 1 atom stereocenters. The molecule has 158 valence electrons. The van der Waals surface area contributed by atoms with Crippen LogP contribution in [0.3, 0.4) is 0 Å². The molecule has 1 N–H and O–H groups in total. The number of nitrogens with zero attached hydrogens (tertiary/aromatic N) is 2. The number of carbonyl (C=O) groups is 2. The average Bonchev–Trinajstić information content (AvgIpc) is 3.40. The summed E-state index contributed by atoms with van der Waals surface area (Å²) in [6.45, 7) is 3.77. The van der Waals surface area contributed by atoms with Gasteiger partial charge in [-0.3, -0.25) is 14.5 Å². The minimum atomic E-state index is -0.800. The van der Waals surface area contributed by atoms with E-state index in [-0.39, 0.29) is 11.3 Å². The first kappa shape index (κ1) is 20.2. The van der Waals surface area contributed by atoms with Crippen molar-refractivity contribution < 1.29 is 28.6 Å². The van der Waals surface area contributed by atoms with E-state index in [1.807, 2.05) is 0 Å². The molecule has 2 aromatic rings. The number of Topliss-reactive ketones (excluding diaryl/α,β-unsaturated/α-hetero) is 1. The first-order chi connectivity index (χ1) is 14.6. The molecule has 0 spiro atoms. The average molecular weight is 412 g/mol. The molecule has 8 nitrogen and oxygen atoms in total. The largest absolute Gasteiger partial charge is 0.507 e. The smallest absolute Gasteiger partial charge is 0.295 e. The zero-order valence-electron chi connectivity index (χ0n) is 16.7. The van der Waals surface area contributed by atoms with Crippen LogP contribution in [0, 0.1) is 0 Å². The number of carbonyl (C=O) groups excluding carboxylic acids is 2.